The van der Waals surface area contributed by atoms with E-state index in [-0.39, 0.29) is 24.1 Å². The highest BCUT2D eigenvalue weighted by molar-refractivity contribution is 7.99. The molecule has 0 saturated carbocycles. The Morgan fingerprint density at radius 2 is 1.71 bits per heavy atom. The van der Waals surface area contributed by atoms with Gasteiger partial charge in [-0.3, -0.25) is 14.2 Å². The number of rotatable bonds is 10. The quantitative estimate of drug-likeness (QED) is 0.272. The number of hydrogen-bond donors (Lipinski definition) is 2. The summed E-state index contributed by atoms with van der Waals surface area (Å²) >= 11 is 1.28. The van der Waals surface area contributed by atoms with E-state index in [2.05, 4.69) is 20.8 Å². The highest BCUT2D eigenvalue weighted by Crippen LogP contribution is 2.25. The molecule has 1 aromatic heterocycles. The fraction of sp³-hybridized carbons (Fsp3) is 0.241. The number of amides is 2. The first-order valence-electron chi connectivity index (χ1n) is 12.4. The van der Waals surface area contributed by atoms with E-state index in [1.807, 2.05) is 92.9 Å². The van der Waals surface area contributed by atoms with E-state index in [0.717, 1.165) is 33.8 Å². The normalized spacial score (nSPS) is 10.7. The average molecular weight is 530 g/mol. The van der Waals surface area contributed by atoms with Crippen LogP contribution in [0.15, 0.2) is 71.9 Å². The summed E-state index contributed by atoms with van der Waals surface area (Å²) < 4.78 is 7.42. The van der Waals surface area contributed by atoms with E-state index in [9.17, 15) is 9.59 Å². The van der Waals surface area contributed by atoms with Crippen LogP contribution in [0.5, 0.6) is 5.75 Å². The number of ether oxygens (including phenoxy) is 1. The third kappa shape index (κ3) is 6.80. The minimum absolute atomic E-state index is 0.140. The molecule has 0 unspecified atom stereocenters. The van der Waals surface area contributed by atoms with Crippen molar-refractivity contribution in [2.45, 2.75) is 39.4 Å². The molecule has 0 spiro atoms. The molecule has 0 fully saturated rings. The summed E-state index contributed by atoms with van der Waals surface area (Å²) in [5.41, 5.74) is 5.26. The van der Waals surface area contributed by atoms with Gasteiger partial charge in [-0.1, -0.05) is 41.6 Å². The first kappa shape index (κ1) is 26.9. The van der Waals surface area contributed by atoms with Crippen LogP contribution in [0, 0.1) is 20.8 Å². The predicted octanol–water partition coefficient (Wildman–Crippen LogP) is 5.25. The lowest BCUT2D eigenvalue weighted by atomic mass is 10.1. The largest absolute Gasteiger partial charge is 0.494 e. The predicted molar refractivity (Wildman–Crippen MR) is 150 cm³/mol. The number of carbonyl (C=O) groups excluding carboxylic acids is 2. The third-order valence-electron chi connectivity index (χ3n) is 5.79. The molecular formula is C29H31N5O3S. The average Bonchev–Trinajstić information content (AvgIpc) is 3.31. The van der Waals surface area contributed by atoms with Crippen LogP contribution in [0.2, 0.25) is 0 Å². The van der Waals surface area contributed by atoms with Gasteiger partial charge in [-0.25, -0.2) is 0 Å². The van der Waals surface area contributed by atoms with Crippen molar-refractivity contribution >= 4 is 29.3 Å². The van der Waals surface area contributed by atoms with Crippen LogP contribution in [0.1, 0.15) is 39.8 Å². The second-order valence-corrected chi connectivity index (χ2v) is 9.81. The topological polar surface area (TPSA) is 98.1 Å². The van der Waals surface area contributed by atoms with Crippen LogP contribution in [0.4, 0.5) is 5.69 Å². The molecule has 3 aromatic carbocycles. The van der Waals surface area contributed by atoms with Crippen LogP contribution in [-0.4, -0.2) is 38.9 Å². The molecule has 0 atom stereocenters. The zero-order chi connectivity index (χ0) is 27.1. The molecule has 0 bridgehead atoms. The lowest BCUT2D eigenvalue weighted by Gasteiger charge is -2.13. The molecule has 0 aliphatic carbocycles. The maximum Gasteiger partial charge on any atom is 0.251 e. The van der Waals surface area contributed by atoms with Gasteiger partial charge in [0, 0.05) is 16.9 Å². The third-order valence-corrected chi connectivity index (χ3v) is 6.72. The number of nitrogens with zero attached hydrogens (tertiary/aromatic N) is 3. The second-order valence-electron chi connectivity index (χ2n) is 8.87. The van der Waals surface area contributed by atoms with Gasteiger partial charge in [0.05, 0.1) is 18.9 Å². The number of hydrogen-bond acceptors (Lipinski definition) is 6. The first-order chi connectivity index (χ1) is 18.3. The van der Waals surface area contributed by atoms with Crippen LogP contribution in [-0.2, 0) is 11.3 Å². The molecule has 38 heavy (non-hydrogen) atoms. The molecular weight excluding hydrogens is 498 g/mol. The molecule has 9 heteroatoms. The van der Waals surface area contributed by atoms with Crippen LogP contribution in [0.3, 0.4) is 0 Å². The Morgan fingerprint density at radius 1 is 0.947 bits per heavy atom. The molecule has 2 N–H and O–H groups in total. The number of aromatic nitrogens is 3. The highest BCUT2D eigenvalue weighted by atomic mass is 32.2. The molecule has 1 heterocycles. The monoisotopic (exact) mass is 529 g/mol. The fourth-order valence-corrected chi connectivity index (χ4v) is 4.63. The molecule has 0 aliphatic rings. The van der Waals surface area contributed by atoms with Crippen molar-refractivity contribution in [1.29, 1.82) is 0 Å². The van der Waals surface area contributed by atoms with E-state index < -0.39 is 0 Å². The molecule has 4 aromatic rings. The Labute approximate surface area is 226 Å². The Balaban J connectivity index is 1.53. The zero-order valence-electron chi connectivity index (χ0n) is 21.9. The molecule has 8 nitrogen and oxygen atoms in total. The molecule has 4 rings (SSSR count). The van der Waals surface area contributed by atoms with E-state index in [4.69, 9.17) is 4.74 Å². The number of nitrogens with one attached hydrogen (secondary N) is 2. The van der Waals surface area contributed by atoms with Gasteiger partial charge in [-0.15, -0.1) is 10.2 Å². The Hall–Kier alpha value is -4.11. The Kier molecular flexibility index (Phi) is 8.81. The number of carbonyl (C=O) groups is 2. The van der Waals surface area contributed by atoms with Crippen molar-refractivity contribution in [3.63, 3.8) is 0 Å². The van der Waals surface area contributed by atoms with Crippen molar-refractivity contribution in [2.24, 2.45) is 0 Å². The van der Waals surface area contributed by atoms with Gasteiger partial charge in [0.1, 0.15) is 5.75 Å². The Morgan fingerprint density at radius 3 is 2.45 bits per heavy atom. The van der Waals surface area contributed by atoms with Crippen molar-refractivity contribution in [1.82, 2.24) is 20.1 Å². The van der Waals surface area contributed by atoms with E-state index in [1.54, 1.807) is 6.07 Å². The summed E-state index contributed by atoms with van der Waals surface area (Å²) in [6.07, 6.45) is 0. The SMILES string of the molecule is CCOc1ccc(-n2c(CNC(=O)c3cccc(C)c3)nnc2SCC(=O)Nc2cc(C)ccc2C)cc1. The van der Waals surface area contributed by atoms with Gasteiger partial charge >= 0.3 is 0 Å². The summed E-state index contributed by atoms with van der Waals surface area (Å²) in [5.74, 6) is 1.11. The van der Waals surface area contributed by atoms with Crippen LogP contribution in [0.25, 0.3) is 5.69 Å². The minimum Gasteiger partial charge on any atom is -0.494 e. The van der Waals surface area contributed by atoms with E-state index >= 15 is 0 Å². The molecule has 0 saturated heterocycles. The minimum atomic E-state index is -0.197. The molecule has 0 radical (unpaired) electrons. The van der Waals surface area contributed by atoms with Crippen LogP contribution >= 0.6 is 11.8 Å². The van der Waals surface area contributed by atoms with Gasteiger partial charge in [0.15, 0.2) is 11.0 Å². The van der Waals surface area contributed by atoms with Gasteiger partial charge < -0.3 is 15.4 Å². The van der Waals surface area contributed by atoms with Crippen molar-refractivity contribution in [2.75, 3.05) is 17.7 Å². The van der Waals surface area contributed by atoms with Gasteiger partial charge in [0.2, 0.25) is 5.91 Å². The van der Waals surface area contributed by atoms with Crippen molar-refractivity contribution in [3.05, 3.63) is 94.8 Å². The second kappa shape index (κ2) is 12.4. The van der Waals surface area contributed by atoms with Gasteiger partial charge in [-0.05, 0) is 81.3 Å². The number of anilines is 1. The zero-order valence-corrected chi connectivity index (χ0v) is 22.8. The fourth-order valence-electron chi connectivity index (χ4n) is 3.86. The standard InChI is InChI=1S/C29H31N5O3S/c1-5-37-24-13-11-23(12-14-24)34-26(17-30-28(36)22-8-6-7-19(2)15-22)32-33-29(34)38-18-27(35)31-25-16-20(3)9-10-21(25)4/h6-16H,5,17-18H2,1-4H3,(H,30,36)(H,31,35). The van der Waals surface area contributed by atoms with Crippen molar-refractivity contribution in [3.8, 4) is 11.4 Å². The summed E-state index contributed by atoms with van der Waals surface area (Å²) in [7, 11) is 0. The number of thioether (sulfide) groups is 1. The van der Waals surface area contributed by atoms with Gasteiger partial charge in [-0.2, -0.15) is 0 Å². The number of benzene rings is 3. The lowest BCUT2D eigenvalue weighted by Crippen LogP contribution is -2.24. The maximum absolute atomic E-state index is 12.8. The molecule has 0 aliphatic heterocycles. The van der Waals surface area contributed by atoms with Gasteiger partial charge in [0.25, 0.3) is 5.91 Å². The smallest absolute Gasteiger partial charge is 0.251 e. The highest BCUT2D eigenvalue weighted by Gasteiger charge is 2.18. The number of aryl methyl sites for hydroxylation is 3. The summed E-state index contributed by atoms with van der Waals surface area (Å²) in [6, 6.07) is 20.9. The first-order valence-corrected chi connectivity index (χ1v) is 13.3. The summed E-state index contributed by atoms with van der Waals surface area (Å²) in [6.45, 7) is 8.56. The van der Waals surface area contributed by atoms with Crippen molar-refractivity contribution < 1.29 is 14.3 Å². The lowest BCUT2D eigenvalue weighted by molar-refractivity contribution is -0.113. The summed E-state index contributed by atoms with van der Waals surface area (Å²) in [5, 5.41) is 15.1. The van der Waals surface area contributed by atoms with Crippen LogP contribution < -0.4 is 15.4 Å². The molecule has 2 amide bonds. The maximum atomic E-state index is 12.8. The van der Waals surface area contributed by atoms with E-state index in [0.29, 0.717) is 23.2 Å². The Bertz CT molecular complexity index is 1430. The summed E-state index contributed by atoms with van der Waals surface area (Å²) in [4.78, 5) is 25.5. The van der Waals surface area contributed by atoms with E-state index in [1.165, 1.54) is 11.8 Å². The molecule has 196 valence electrons.